The number of benzene rings is 1. The maximum Gasteiger partial charge on any atom is 0.135 e. The molecule has 0 aliphatic rings. The summed E-state index contributed by atoms with van der Waals surface area (Å²) in [6, 6.07) is 7.94. The zero-order valence-corrected chi connectivity index (χ0v) is 11.7. The van der Waals surface area contributed by atoms with Gasteiger partial charge in [0.1, 0.15) is 11.6 Å². The summed E-state index contributed by atoms with van der Waals surface area (Å²) in [5.74, 6) is 1.58. The molecule has 17 heavy (non-hydrogen) atoms. The number of ether oxygens (including phenoxy) is 1. The van der Waals surface area contributed by atoms with Gasteiger partial charge in [-0.05, 0) is 35.6 Å². The lowest BCUT2D eigenvalue weighted by atomic mass is 10.2. The van der Waals surface area contributed by atoms with Crippen molar-refractivity contribution in [1.29, 1.82) is 0 Å². The number of halogens is 1. The van der Waals surface area contributed by atoms with Crippen LogP contribution in [0.3, 0.4) is 0 Å². The van der Waals surface area contributed by atoms with Gasteiger partial charge in [0.25, 0.3) is 0 Å². The van der Waals surface area contributed by atoms with Gasteiger partial charge in [-0.2, -0.15) is 5.10 Å². The lowest BCUT2D eigenvalue weighted by molar-refractivity contribution is 0.335. The molecule has 1 heterocycles. The average Bonchev–Trinajstić information content (AvgIpc) is 2.64. The van der Waals surface area contributed by atoms with Crippen LogP contribution < -0.4 is 10.5 Å². The van der Waals surface area contributed by atoms with Crippen molar-refractivity contribution in [3.05, 3.63) is 39.6 Å². The number of hydrogen-bond acceptors (Lipinski definition) is 3. The van der Waals surface area contributed by atoms with Gasteiger partial charge in [-0.25, -0.2) is 4.68 Å². The van der Waals surface area contributed by atoms with Crippen LogP contribution in [0.4, 0.5) is 5.82 Å². The number of nitrogens with zero attached hydrogens (tertiary/aromatic N) is 2. The number of anilines is 1. The molecule has 0 bridgehead atoms. The highest BCUT2D eigenvalue weighted by Crippen LogP contribution is 2.21. The highest BCUT2D eigenvalue weighted by Gasteiger charge is 2.08. The smallest absolute Gasteiger partial charge is 0.135 e. The van der Waals surface area contributed by atoms with Crippen LogP contribution in [0.1, 0.15) is 12.5 Å². The second-order valence-corrected chi connectivity index (χ2v) is 4.74. The predicted octanol–water partition coefficient (Wildman–Crippen LogP) is 2.52. The maximum absolute atomic E-state index is 5.93. The molecule has 0 radical (unpaired) electrons. The van der Waals surface area contributed by atoms with Crippen LogP contribution in [0.15, 0.2) is 30.5 Å². The molecule has 5 heteroatoms. The molecular weight excluding hydrogens is 329 g/mol. The normalized spacial score (nSPS) is 10.5. The first kappa shape index (κ1) is 12.2. The van der Waals surface area contributed by atoms with Crippen LogP contribution in [0.5, 0.6) is 5.75 Å². The Balaban J connectivity index is 2.26. The Morgan fingerprint density at radius 2 is 2.18 bits per heavy atom. The molecule has 2 rings (SSSR count). The first-order valence-corrected chi connectivity index (χ1v) is 6.47. The maximum atomic E-state index is 5.93. The molecule has 0 atom stereocenters. The molecule has 0 fully saturated rings. The molecule has 0 aliphatic heterocycles. The summed E-state index contributed by atoms with van der Waals surface area (Å²) in [7, 11) is 0. The number of nitrogen functional groups attached to an aromatic ring is 1. The fourth-order valence-corrected chi connectivity index (χ4v) is 1.99. The van der Waals surface area contributed by atoms with Gasteiger partial charge in [-0.1, -0.05) is 18.2 Å². The van der Waals surface area contributed by atoms with E-state index in [9.17, 15) is 0 Å². The Bertz CT molecular complexity index is 510. The van der Waals surface area contributed by atoms with Crippen molar-refractivity contribution < 1.29 is 4.74 Å². The Hall–Kier alpha value is -1.24. The zero-order chi connectivity index (χ0) is 12.3. The Morgan fingerprint density at radius 1 is 1.41 bits per heavy atom. The van der Waals surface area contributed by atoms with Crippen molar-refractivity contribution >= 4 is 28.4 Å². The van der Waals surface area contributed by atoms with E-state index in [0.717, 1.165) is 14.9 Å². The number of hydrogen-bond donors (Lipinski definition) is 1. The Labute approximate surface area is 114 Å². The summed E-state index contributed by atoms with van der Waals surface area (Å²) < 4.78 is 8.32. The fourth-order valence-electron chi connectivity index (χ4n) is 1.59. The second kappa shape index (κ2) is 5.39. The third kappa shape index (κ3) is 2.71. The van der Waals surface area contributed by atoms with Gasteiger partial charge >= 0.3 is 0 Å². The highest BCUT2D eigenvalue weighted by molar-refractivity contribution is 14.1. The van der Waals surface area contributed by atoms with Gasteiger partial charge in [-0.3, -0.25) is 0 Å². The molecule has 0 saturated heterocycles. The van der Waals surface area contributed by atoms with Crippen molar-refractivity contribution in [2.45, 2.75) is 13.5 Å². The van der Waals surface area contributed by atoms with Gasteiger partial charge < -0.3 is 10.5 Å². The molecule has 4 nitrogen and oxygen atoms in total. The molecule has 1 aromatic carbocycles. The largest absolute Gasteiger partial charge is 0.494 e. The summed E-state index contributed by atoms with van der Waals surface area (Å²) in [6.07, 6.45) is 1.76. The van der Waals surface area contributed by atoms with Gasteiger partial charge in [0.2, 0.25) is 0 Å². The van der Waals surface area contributed by atoms with E-state index in [-0.39, 0.29) is 0 Å². The lowest BCUT2D eigenvalue weighted by Crippen LogP contribution is -2.07. The van der Waals surface area contributed by atoms with E-state index in [4.69, 9.17) is 10.5 Å². The lowest BCUT2D eigenvalue weighted by Gasteiger charge is -2.10. The Kier molecular flexibility index (Phi) is 3.88. The minimum Gasteiger partial charge on any atom is -0.494 e. The van der Waals surface area contributed by atoms with E-state index in [2.05, 4.69) is 27.7 Å². The van der Waals surface area contributed by atoms with Crippen molar-refractivity contribution in [2.24, 2.45) is 0 Å². The first-order chi connectivity index (χ1) is 8.22. The summed E-state index contributed by atoms with van der Waals surface area (Å²) in [4.78, 5) is 0. The van der Waals surface area contributed by atoms with Gasteiger partial charge in [0, 0.05) is 5.56 Å². The predicted molar refractivity (Wildman–Crippen MR) is 76.1 cm³/mol. The van der Waals surface area contributed by atoms with E-state index in [1.54, 1.807) is 10.9 Å². The molecular formula is C12H14IN3O. The molecule has 0 spiro atoms. The summed E-state index contributed by atoms with van der Waals surface area (Å²) in [5.41, 5.74) is 7.01. The minimum absolute atomic E-state index is 0.630. The molecule has 2 N–H and O–H groups in total. The minimum atomic E-state index is 0.630. The molecule has 0 saturated carbocycles. The molecule has 0 unspecified atom stereocenters. The standard InChI is InChI=1S/C12H14IN3O/c1-2-17-11-6-4-3-5-9(11)8-16-12(14)10(13)7-15-16/h3-7H,2,8,14H2,1H3. The van der Waals surface area contributed by atoms with E-state index in [0.29, 0.717) is 19.0 Å². The van der Waals surface area contributed by atoms with E-state index in [1.807, 2.05) is 31.2 Å². The molecule has 0 aliphatic carbocycles. The first-order valence-electron chi connectivity index (χ1n) is 5.40. The summed E-state index contributed by atoms with van der Waals surface area (Å²) in [5, 5.41) is 4.24. The van der Waals surface area contributed by atoms with E-state index in [1.165, 1.54) is 0 Å². The zero-order valence-electron chi connectivity index (χ0n) is 9.56. The van der Waals surface area contributed by atoms with Gasteiger partial charge in [0.15, 0.2) is 0 Å². The van der Waals surface area contributed by atoms with Crippen molar-refractivity contribution in [3.63, 3.8) is 0 Å². The van der Waals surface area contributed by atoms with Crippen LogP contribution >= 0.6 is 22.6 Å². The van der Waals surface area contributed by atoms with Gasteiger partial charge in [0.05, 0.1) is 22.9 Å². The van der Waals surface area contributed by atoms with Gasteiger partial charge in [-0.15, -0.1) is 0 Å². The quantitative estimate of drug-likeness (QED) is 0.868. The van der Waals surface area contributed by atoms with Crippen molar-refractivity contribution in [3.8, 4) is 5.75 Å². The number of rotatable bonds is 4. The SMILES string of the molecule is CCOc1ccccc1Cn1ncc(I)c1N. The Morgan fingerprint density at radius 3 is 2.82 bits per heavy atom. The van der Waals surface area contributed by atoms with Crippen LogP contribution in [0, 0.1) is 3.57 Å². The summed E-state index contributed by atoms with van der Waals surface area (Å²) in [6.45, 7) is 3.26. The topological polar surface area (TPSA) is 53.1 Å². The van der Waals surface area contributed by atoms with Crippen LogP contribution in [-0.4, -0.2) is 16.4 Å². The number of nitrogens with two attached hydrogens (primary N) is 1. The van der Waals surface area contributed by atoms with Crippen LogP contribution in [0.25, 0.3) is 0 Å². The van der Waals surface area contributed by atoms with E-state index >= 15 is 0 Å². The molecule has 90 valence electrons. The highest BCUT2D eigenvalue weighted by atomic mass is 127. The monoisotopic (exact) mass is 343 g/mol. The number of aromatic nitrogens is 2. The molecule has 1 aromatic heterocycles. The third-order valence-corrected chi connectivity index (χ3v) is 3.26. The third-order valence-electron chi connectivity index (χ3n) is 2.43. The molecule has 0 amide bonds. The van der Waals surface area contributed by atoms with Crippen molar-refractivity contribution in [2.75, 3.05) is 12.3 Å². The second-order valence-electron chi connectivity index (χ2n) is 3.58. The molecule has 2 aromatic rings. The van der Waals surface area contributed by atoms with Crippen molar-refractivity contribution in [1.82, 2.24) is 9.78 Å². The van der Waals surface area contributed by atoms with Crippen LogP contribution in [0.2, 0.25) is 0 Å². The van der Waals surface area contributed by atoms with Crippen LogP contribution in [-0.2, 0) is 6.54 Å². The summed E-state index contributed by atoms with van der Waals surface area (Å²) >= 11 is 2.17. The average molecular weight is 343 g/mol. The van der Waals surface area contributed by atoms with E-state index < -0.39 is 0 Å². The fraction of sp³-hybridized carbons (Fsp3) is 0.250. The number of para-hydroxylation sites is 1.